The molecule has 29 heavy (non-hydrogen) atoms. The van der Waals surface area contributed by atoms with E-state index in [0.717, 1.165) is 38.9 Å². The summed E-state index contributed by atoms with van der Waals surface area (Å²) in [6.07, 6.45) is 1.93. The van der Waals surface area contributed by atoms with Gasteiger partial charge in [-0.3, -0.25) is 9.69 Å². The van der Waals surface area contributed by atoms with E-state index < -0.39 is 0 Å². The molecular formula is C23H19ClN2OS2. The van der Waals surface area contributed by atoms with Crippen LogP contribution in [0.25, 0.3) is 11.8 Å². The van der Waals surface area contributed by atoms with Crippen molar-refractivity contribution in [3.8, 4) is 5.69 Å². The average Bonchev–Trinajstić information content (AvgIpc) is 3.13. The van der Waals surface area contributed by atoms with E-state index >= 15 is 0 Å². The number of rotatable bonds is 3. The third-order valence-electron chi connectivity index (χ3n) is 5.04. The van der Waals surface area contributed by atoms with Crippen molar-refractivity contribution in [1.29, 1.82) is 0 Å². The van der Waals surface area contributed by atoms with Crippen molar-refractivity contribution < 1.29 is 4.79 Å². The number of aryl methyl sites for hydroxylation is 1. The van der Waals surface area contributed by atoms with Crippen LogP contribution in [0.5, 0.6) is 0 Å². The zero-order chi connectivity index (χ0) is 20.7. The maximum absolute atomic E-state index is 13.0. The lowest BCUT2D eigenvalue weighted by Crippen LogP contribution is -2.27. The molecule has 0 bridgehead atoms. The minimum absolute atomic E-state index is 0.0880. The predicted octanol–water partition coefficient (Wildman–Crippen LogP) is 6.46. The first-order valence-electron chi connectivity index (χ1n) is 9.16. The van der Waals surface area contributed by atoms with E-state index in [9.17, 15) is 4.79 Å². The van der Waals surface area contributed by atoms with Crippen LogP contribution in [0, 0.1) is 20.8 Å². The van der Waals surface area contributed by atoms with E-state index in [0.29, 0.717) is 9.23 Å². The van der Waals surface area contributed by atoms with Crippen molar-refractivity contribution in [2.75, 3.05) is 4.90 Å². The van der Waals surface area contributed by atoms with Crippen LogP contribution in [0.4, 0.5) is 5.69 Å². The van der Waals surface area contributed by atoms with Gasteiger partial charge >= 0.3 is 0 Å². The van der Waals surface area contributed by atoms with Crippen LogP contribution < -0.4 is 4.90 Å². The van der Waals surface area contributed by atoms with E-state index in [1.807, 2.05) is 55.5 Å². The summed E-state index contributed by atoms with van der Waals surface area (Å²) in [5.74, 6) is -0.0880. The van der Waals surface area contributed by atoms with Gasteiger partial charge < -0.3 is 4.57 Å². The van der Waals surface area contributed by atoms with Crippen LogP contribution in [-0.4, -0.2) is 14.8 Å². The van der Waals surface area contributed by atoms with Crippen molar-refractivity contribution in [3.63, 3.8) is 0 Å². The van der Waals surface area contributed by atoms with Crippen molar-refractivity contribution in [1.82, 2.24) is 4.57 Å². The maximum Gasteiger partial charge on any atom is 0.270 e. The molecule has 4 rings (SSSR count). The number of carbonyl (C=O) groups is 1. The van der Waals surface area contributed by atoms with Crippen LogP contribution >= 0.6 is 35.6 Å². The minimum atomic E-state index is -0.0880. The summed E-state index contributed by atoms with van der Waals surface area (Å²) >= 11 is 13.1. The molecule has 1 aliphatic rings. The molecule has 0 radical (unpaired) electrons. The Kier molecular flexibility index (Phi) is 5.38. The monoisotopic (exact) mass is 438 g/mol. The fourth-order valence-corrected chi connectivity index (χ4v) is 5.01. The summed E-state index contributed by atoms with van der Waals surface area (Å²) in [6, 6.07) is 17.5. The lowest BCUT2D eigenvalue weighted by Gasteiger charge is -2.14. The Balaban J connectivity index is 1.74. The van der Waals surface area contributed by atoms with Crippen LogP contribution in [0.1, 0.15) is 22.5 Å². The Morgan fingerprint density at radius 3 is 2.48 bits per heavy atom. The van der Waals surface area contributed by atoms with Crippen LogP contribution in [0.15, 0.2) is 59.5 Å². The second-order valence-electron chi connectivity index (χ2n) is 6.90. The molecule has 0 saturated carbocycles. The predicted molar refractivity (Wildman–Crippen MR) is 127 cm³/mol. The lowest BCUT2D eigenvalue weighted by molar-refractivity contribution is -0.113. The topological polar surface area (TPSA) is 25.2 Å². The van der Waals surface area contributed by atoms with Gasteiger partial charge in [0, 0.05) is 22.1 Å². The minimum Gasteiger partial charge on any atom is -0.318 e. The second kappa shape index (κ2) is 7.82. The van der Waals surface area contributed by atoms with Crippen LogP contribution in [-0.2, 0) is 4.79 Å². The number of aromatic nitrogens is 1. The summed E-state index contributed by atoms with van der Waals surface area (Å²) in [7, 11) is 0. The first-order chi connectivity index (χ1) is 13.9. The highest BCUT2D eigenvalue weighted by atomic mass is 35.5. The van der Waals surface area contributed by atoms with E-state index in [2.05, 4.69) is 30.5 Å². The van der Waals surface area contributed by atoms with Crippen molar-refractivity contribution >= 4 is 57.6 Å². The third-order valence-corrected chi connectivity index (χ3v) is 6.76. The number of para-hydroxylation sites is 1. The van der Waals surface area contributed by atoms with Gasteiger partial charge in [-0.1, -0.05) is 59.8 Å². The Morgan fingerprint density at radius 1 is 1.03 bits per heavy atom. The molecule has 146 valence electrons. The normalized spacial score (nSPS) is 15.6. The molecule has 1 saturated heterocycles. The highest BCUT2D eigenvalue weighted by molar-refractivity contribution is 8.27. The van der Waals surface area contributed by atoms with Gasteiger partial charge in [-0.25, -0.2) is 0 Å². The molecule has 1 amide bonds. The second-order valence-corrected chi connectivity index (χ2v) is 8.98. The summed E-state index contributed by atoms with van der Waals surface area (Å²) in [5, 5.41) is 0.736. The van der Waals surface area contributed by atoms with E-state index in [-0.39, 0.29) is 5.91 Å². The smallest absolute Gasteiger partial charge is 0.270 e. The van der Waals surface area contributed by atoms with Gasteiger partial charge in [0.05, 0.1) is 10.6 Å². The number of hydrogen-bond donors (Lipinski definition) is 0. The quantitative estimate of drug-likeness (QED) is 0.346. The molecule has 0 spiro atoms. The maximum atomic E-state index is 13.0. The Labute approximate surface area is 185 Å². The van der Waals surface area contributed by atoms with Gasteiger partial charge in [0.15, 0.2) is 4.32 Å². The number of benzene rings is 2. The number of nitrogens with zero attached hydrogens (tertiary/aromatic N) is 2. The molecule has 1 fully saturated rings. The molecule has 2 aromatic carbocycles. The van der Waals surface area contributed by atoms with E-state index in [4.69, 9.17) is 23.8 Å². The lowest BCUT2D eigenvalue weighted by atomic mass is 10.2. The van der Waals surface area contributed by atoms with Crippen LogP contribution in [0.3, 0.4) is 0 Å². The fraction of sp³-hybridized carbons (Fsp3) is 0.130. The number of thioether (sulfide) groups is 1. The average molecular weight is 439 g/mol. The van der Waals surface area contributed by atoms with Crippen LogP contribution in [0.2, 0.25) is 5.02 Å². The Hall–Kier alpha value is -2.34. The first-order valence-corrected chi connectivity index (χ1v) is 10.8. The number of thiocarbonyl (C=S) groups is 1. The largest absolute Gasteiger partial charge is 0.318 e. The van der Waals surface area contributed by atoms with Gasteiger partial charge in [-0.05, 0) is 68.3 Å². The number of amides is 1. The molecule has 1 aliphatic heterocycles. The molecule has 0 aliphatic carbocycles. The van der Waals surface area contributed by atoms with Gasteiger partial charge in [-0.2, -0.15) is 0 Å². The zero-order valence-electron chi connectivity index (χ0n) is 16.3. The van der Waals surface area contributed by atoms with E-state index in [1.54, 1.807) is 4.90 Å². The highest BCUT2D eigenvalue weighted by Crippen LogP contribution is 2.37. The van der Waals surface area contributed by atoms with E-state index in [1.165, 1.54) is 11.8 Å². The molecule has 6 heteroatoms. The molecule has 3 aromatic rings. The number of hydrogen-bond acceptors (Lipinski definition) is 3. The van der Waals surface area contributed by atoms with Gasteiger partial charge in [0.1, 0.15) is 0 Å². The number of halogens is 1. The summed E-state index contributed by atoms with van der Waals surface area (Å²) < 4.78 is 2.72. The molecule has 0 unspecified atom stereocenters. The molecule has 0 atom stereocenters. The summed E-state index contributed by atoms with van der Waals surface area (Å²) in [4.78, 5) is 15.2. The van der Waals surface area contributed by atoms with Gasteiger partial charge in [0.2, 0.25) is 0 Å². The fourth-order valence-electron chi connectivity index (χ4n) is 3.55. The molecule has 1 aromatic heterocycles. The zero-order valence-corrected chi connectivity index (χ0v) is 18.7. The molecular weight excluding hydrogens is 420 g/mol. The first kappa shape index (κ1) is 20.0. The summed E-state index contributed by atoms with van der Waals surface area (Å²) in [6.45, 7) is 6.12. The standard InChI is InChI=1S/C23H19ClN2OS2/c1-14-12-17(16(3)25(14)20-11-7-10-19(24)15(20)2)13-21-22(27)26(23(28)29-21)18-8-5-4-6-9-18/h4-13H,1-3H3/b21-13+. The SMILES string of the molecule is Cc1c(Cl)cccc1-n1c(C)cc(/C=C2/SC(=S)N(c3ccccc3)C2=O)c1C. The van der Waals surface area contributed by atoms with Crippen molar-refractivity contribution in [3.05, 3.63) is 87.0 Å². The van der Waals surface area contributed by atoms with Crippen molar-refractivity contribution in [2.45, 2.75) is 20.8 Å². The Morgan fingerprint density at radius 2 is 1.76 bits per heavy atom. The molecule has 0 N–H and O–H groups in total. The third kappa shape index (κ3) is 3.54. The molecule has 3 nitrogen and oxygen atoms in total. The Bertz CT molecular complexity index is 1170. The van der Waals surface area contributed by atoms with Crippen molar-refractivity contribution in [2.24, 2.45) is 0 Å². The van der Waals surface area contributed by atoms with Gasteiger partial charge in [0.25, 0.3) is 5.91 Å². The number of carbonyl (C=O) groups excluding carboxylic acids is 1. The summed E-state index contributed by atoms with van der Waals surface area (Å²) in [5.41, 5.74) is 5.99. The number of anilines is 1. The molecule has 2 heterocycles. The van der Waals surface area contributed by atoms with Gasteiger partial charge in [-0.15, -0.1) is 0 Å². The highest BCUT2D eigenvalue weighted by Gasteiger charge is 2.33.